The summed E-state index contributed by atoms with van der Waals surface area (Å²) in [5, 5.41) is 0. The number of unbranched alkanes of at least 4 members (excludes halogenated alkanes) is 25. The maximum atomic E-state index is 12.7. The molecular formula is C50H94NO8P. The zero-order valence-electron chi connectivity index (χ0n) is 39.7. The lowest BCUT2D eigenvalue weighted by Crippen LogP contribution is -2.37. The number of carbonyl (C=O) groups excluding carboxylic acids is 2. The Morgan fingerprint density at radius 1 is 0.533 bits per heavy atom. The third-order valence-electron chi connectivity index (χ3n) is 10.7. The summed E-state index contributed by atoms with van der Waals surface area (Å²) < 4.78 is 34.0. The molecule has 0 rings (SSSR count). The van der Waals surface area contributed by atoms with Crippen molar-refractivity contribution in [2.75, 3.05) is 47.5 Å². The van der Waals surface area contributed by atoms with Crippen LogP contribution < -0.4 is 4.89 Å². The summed E-state index contributed by atoms with van der Waals surface area (Å²) in [6, 6.07) is 0. The van der Waals surface area contributed by atoms with Crippen molar-refractivity contribution >= 4 is 19.8 Å². The predicted molar refractivity (Wildman–Crippen MR) is 250 cm³/mol. The van der Waals surface area contributed by atoms with Crippen LogP contribution in [0.5, 0.6) is 0 Å². The number of carbonyl (C=O) groups is 2. The van der Waals surface area contributed by atoms with Crippen LogP contribution in [0, 0.1) is 0 Å². The average Bonchev–Trinajstić information content (AvgIpc) is 3.20. The summed E-state index contributed by atoms with van der Waals surface area (Å²) in [5.41, 5.74) is 0. The molecule has 0 N–H and O–H groups in total. The predicted octanol–water partition coefficient (Wildman–Crippen LogP) is 13.8. The van der Waals surface area contributed by atoms with Gasteiger partial charge in [0.1, 0.15) is 19.8 Å². The number of quaternary nitrogens is 1. The number of hydrogen-bond donors (Lipinski definition) is 0. The van der Waals surface area contributed by atoms with Crippen LogP contribution in [0.2, 0.25) is 0 Å². The van der Waals surface area contributed by atoms with E-state index in [-0.39, 0.29) is 26.1 Å². The summed E-state index contributed by atoms with van der Waals surface area (Å²) in [6.07, 6.45) is 48.9. The molecule has 0 aromatic heterocycles. The van der Waals surface area contributed by atoms with Crippen molar-refractivity contribution in [3.05, 3.63) is 36.5 Å². The molecule has 0 aliphatic rings. The zero-order chi connectivity index (χ0) is 44.3. The maximum absolute atomic E-state index is 12.7. The fraction of sp³-hybridized carbons (Fsp3) is 0.840. The van der Waals surface area contributed by atoms with E-state index in [1.807, 2.05) is 21.1 Å². The molecule has 0 saturated heterocycles. The Bertz CT molecular complexity index is 1120. The van der Waals surface area contributed by atoms with E-state index < -0.39 is 32.5 Å². The number of nitrogens with zero attached hydrogens (tertiary/aromatic N) is 1. The van der Waals surface area contributed by atoms with Crippen molar-refractivity contribution < 1.29 is 42.1 Å². The monoisotopic (exact) mass is 868 g/mol. The second-order valence-corrected chi connectivity index (χ2v) is 19.2. The first-order valence-corrected chi connectivity index (χ1v) is 26.2. The van der Waals surface area contributed by atoms with Crippen LogP contribution in [0.15, 0.2) is 36.5 Å². The van der Waals surface area contributed by atoms with E-state index in [4.69, 9.17) is 18.5 Å². The highest BCUT2D eigenvalue weighted by Crippen LogP contribution is 2.38. The molecule has 10 heteroatoms. The lowest BCUT2D eigenvalue weighted by Gasteiger charge is -2.28. The summed E-state index contributed by atoms with van der Waals surface area (Å²) in [6.45, 7) is 4.12. The van der Waals surface area contributed by atoms with E-state index in [2.05, 4.69) is 50.3 Å². The molecule has 0 aliphatic heterocycles. The average molecular weight is 868 g/mol. The summed E-state index contributed by atoms with van der Waals surface area (Å²) in [4.78, 5) is 37.6. The van der Waals surface area contributed by atoms with E-state index in [1.54, 1.807) is 0 Å². The lowest BCUT2D eigenvalue weighted by molar-refractivity contribution is -0.870. The van der Waals surface area contributed by atoms with Gasteiger partial charge in [-0.05, 0) is 44.9 Å². The van der Waals surface area contributed by atoms with Crippen LogP contribution in [0.3, 0.4) is 0 Å². The molecule has 0 bridgehead atoms. The third-order valence-corrected chi connectivity index (χ3v) is 11.6. The van der Waals surface area contributed by atoms with E-state index >= 15 is 0 Å². The van der Waals surface area contributed by atoms with Gasteiger partial charge >= 0.3 is 11.9 Å². The van der Waals surface area contributed by atoms with Crippen LogP contribution in [0.1, 0.15) is 219 Å². The van der Waals surface area contributed by atoms with Gasteiger partial charge < -0.3 is 27.9 Å². The zero-order valence-corrected chi connectivity index (χ0v) is 40.6. The molecule has 9 nitrogen and oxygen atoms in total. The smallest absolute Gasteiger partial charge is 0.306 e. The Morgan fingerprint density at radius 3 is 1.42 bits per heavy atom. The fourth-order valence-electron chi connectivity index (χ4n) is 6.85. The third kappa shape index (κ3) is 45.7. The van der Waals surface area contributed by atoms with Gasteiger partial charge in [0.2, 0.25) is 0 Å². The second kappa shape index (κ2) is 42.5. The quantitative estimate of drug-likeness (QED) is 0.0196. The van der Waals surface area contributed by atoms with Crippen LogP contribution >= 0.6 is 7.82 Å². The molecule has 0 aromatic carbocycles. The minimum atomic E-state index is -4.63. The maximum Gasteiger partial charge on any atom is 0.306 e. The number of allylic oxidation sites excluding steroid dienone is 6. The molecule has 2 atom stereocenters. The molecule has 0 amide bonds. The van der Waals surface area contributed by atoms with Crippen LogP contribution in [0.25, 0.3) is 0 Å². The minimum absolute atomic E-state index is 0.0328. The van der Waals surface area contributed by atoms with Crippen molar-refractivity contribution in [3.63, 3.8) is 0 Å². The Morgan fingerprint density at radius 2 is 0.950 bits per heavy atom. The standard InChI is InChI=1S/C50H94NO8P/c1-6-8-10-12-14-16-18-20-22-23-24-25-26-27-29-31-33-35-37-39-41-43-50(53)59-48(47-58-60(54,55)57-45-44-51(3,4)5)46-56-49(52)42-40-38-36-34-32-30-28-21-19-17-15-13-11-9-7-2/h9,11,15,17,21,28,48H,6-8,10,12-14,16,18-20,22-27,29-47H2,1-5H3/b11-9+,17-15+,28-21+/t48-/m1/s1. The molecule has 0 aliphatic carbocycles. The number of hydrogen-bond acceptors (Lipinski definition) is 8. The van der Waals surface area contributed by atoms with Crippen molar-refractivity contribution in [2.45, 2.75) is 225 Å². The minimum Gasteiger partial charge on any atom is -0.756 e. The Hall–Kier alpha value is -1.77. The van der Waals surface area contributed by atoms with Gasteiger partial charge in [-0.25, -0.2) is 0 Å². The highest BCUT2D eigenvalue weighted by atomic mass is 31.2. The number of rotatable bonds is 45. The summed E-state index contributed by atoms with van der Waals surface area (Å²) >= 11 is 0. The molecule has 0 heterocycles. The Kier molecular flexibility index (Phi) is 41.3. The largest absolute Gasteiger partial charge is 0.756 e. The van der Waals surface area contributed by atoms with Gasteiger partial charge in [-0.15, -0.1) is 0 Å². The molecule has 1 unspecified atom stereocenters. The molecule has 0 saturated carbocycles. The summed E-state index contributed by atoms with van der Waals surface area (Å²) in [5.74, 6) is -0.846. The van der Waals surface area contributed by atoms with Gasteiger partial charge in [-0.1, -0.05) is 198 Å². The topological polar surface area (TPSA) is 111 Å². The highest BCUT2D eigenvalue weighted by molar-refractivity contribution is 7.45. The number of phosphoric ester groups is 1. The second-order valence-electron chi connectivity index (χ2n) is 17.8. The van der Waals surface area contributed by atoms with E-state index in [9.17, 15) is 19.0 Å². The normalized spacial score (nSPS) is 13.8. The lowest BCUT2D eigenvalue weighted by atomic mass is 10.0. The molecule has 0 aromatic rings. The van der Waals surface area contributed by atoms with Crippen molar-refractivity contribution in [1.29, 1.82) is 0 Å². The van der Waals surface area contributed by atoms with Crippen molar-refractivity contribution in [1.82, 2.24) is 0 Å². The number of likely N-dealkylation sites (N-methyl/N-ethyl adjacent to an activating group) is 1. The van der Waals surface area contributed by atoms with Gasteiger partial charge in [0.05, 0.1) is 27.7 Å². The number of ether oxygens (including phenoxy) is 2. The first-order chi connectivity index (χ1) is 29.0. The van der Waals surface area contributed by atoms with Gasteiger partial charge in [0.25, 0.3) is 7.82 Å². The van der Waals surface area contributed by atoms with Crippen molar-refractivity contribution in [3.8, 4) is 0 Å². The number of phosphoric acid groups is 1. The first kappa shape index (κ1) is 58.2. The molecule has 0 fully saturated rings. The van der Waals surface area contributed by atoms with E-state index in [1.165, 1.54) is 116 Å². The Balaban J connectivity index is 4.25. The highest BCUT2D eigenvalue weighted by Gasteiger charge is 2.21. The van der Waals surface area contributed by atoms with Crippen molar-refractivity contribution in [2.24, 2.45) is 0 Å². The van der Waals surface area contributed by atoms with Crippen LogP contribution in [0.4, 0.5) is 0 Å². The fourth-order valence-corrected chi connectivity index (χ4v) is 7.58. The van der Waals surface area contributed by atoms with Gasteiger partial charge in [-0.2, -0.15) is 0 Å². The number of esters is 2. The molecule has 352 valence electrons. The first-order valence-electron chi connectivity index (χ1n) is 24.7. The molecule has 60 heavy (non-hydrogen) atoms. The molecule has 0 spiro atoms. The van der Waals surface area contributed by atoms with Gasteiger partial charge in [0, 0.05) is 12.8 Å². The summed E-state index contributed by atoms with van der Waals surface area (Å²) in [7, 11) is 1.16. The Labute approximate surface area is 370 Å². The SMILES string of the molecule is CC/C=C/C/C=C/C/C=C/CCCCCCCC(=O)OC[C@H](COP(=O)([O-])OCC[N+](C)(C)C)OC(=O)CCCCCCCCCCCCCCCCCCCCCCC. The van der Waals surface area contributed by atoms with Gasteiger partial charge in [-0.3, -0.25) is 14.2 Å². The van der Waals surface area contributed by atoms with Crippen LogP contribution in [-0.2, 0) is 32.7 Å². The van der Waals surface area contributed by atoms with Crippen LogP contribution in [-0.4, -0.2) is 70.0 Å². The molecular weight excluding hydrogens is 774 g/mol. The van der Waals surface area contributed by atoms with E-state index in [0.29, 0.717) is 23.9 Å². The van der Waals surface area contributed by atoms with E-state index in [0.717, 1.165) is 64.2 Å². The molecule has 0 radical (unpaired) electrons. The van der Waals surface area contributed by atoms with Gasteiger partial charge in [0.15, 0.2) is 6.10 Å².